The van der Waals surface area contributed by atoms with Crippen LogP contribution in [0.5, 0.6) is 0 Å². The van der Waals surface area contributed by atoms with E-state index in [-0.39, 0.29) is 17.6 Å². The fourth-order valence-electron chi connectivity index (χ4n) is 4.20. The predicted octanol–water partition coefficient (Wildman–Crippen LogP) is 4.40. The van der Waals surface area contributed by atoms with E-state index in [2.05, 4.69) is 13.8 Å². The number of piperidine rings is 1. The van der Waals surface area contributed by atoms with E-state index in [0.717, 1.165) is 37.9 Å². The monoisotopic (exact) mass is 392 g/mol. The Morgan fingerprint density at radius 3 is 2.31 bits per heavy atom. The van der Waals surface area contributed by atoms with Crippen LogP contribution in [0.3, 0.4) is 0 Å². The Kier molecular flexibility index (Phi) is 5.22. The van der Waals surface area contributed by atoms with Gasteiger partial charge >= 0.3 is 0 Å². The number of imide groups is 1. The van der Waals surface area contributed by atoms with E-state index in [4.69, 9.17) is 0 Å². The first-order valence-corrected chi connectivity index (χ1v) is 10.2. The Hall–Kier alpha value is -2.95. The third-order valence-corrected chi connectivity index (χ3v) is 5.77. The van der Waals surface area contributed by atoms with Gasteiger partial charge in [0.1, 0.15) is 11.5 Å². The quantitative estimate of drug-likeness (QED) is 0.724. The topological polar surface area (TPSA) is 40.6 Å². The van der Waals surface area contributed by atoms with E-state index in [0.29, 0.717) is 28.4 Å². The molecule has 1 fully saturated rings. The standard InChI is InChI=1S/C24H25FN2O2/c1-3-17-6-12-20(13-7-17)27-23(28)21(18-8-10-19(25)11-9-18)22(24(27)29)26-14-4-5-16(2)15-26/h6-13,16H,3-5,14-15H2,1-2H3. The summed E-state index contributed by atoms with van der Waals surface area (Å²) in [7, 11) is 0. The van der Waals surface area contributed by atoms with Gasteiger partial charge in [0.05, 0.1) is 11.3 Å². The number of carbonyl (C=O) groups excluding carboxylic acids is 2. The minimum atomic E-state index is -0.369. The van der Waals surface area contributed by atoms with Crippen molar-refractivity contribution >= 4 is 23.1 Å². The molecule has 4 nitrogen and oxygen atoms in total. The lowest BCUT2D eigenvalue weighted by Gasteiger charge is -2.33. The Morgan fingerprint density at radius 1 is 1.00 bits per heavy atom. The number of benzene rings is 2. The van der Waals surface area contributed by atoms with Gasteiger partial charge in [0.25, 0.3) is 11.8 Å². The van der Waals surface area contributed by atoms with Crippen LogP contribution in [0.15, 0.2) is 54.2 Å². The molecule has 0 radical (unpaired) electrons. The lowest BCUT2D eigenvalue weighted by Crippen LogP contribution is -2.39. The summed E-state index contributed by atoms with van der Waals surface area (Å²) in [5.41, 5.74) is 3.09. The molecule has 1 unspecified atom stereocenters. The normalized spacial score (nSPS) is 20.0. The van der Waals surface area contributed by atoms with Crippen molar-refractivity contribution in [1.82, 2.24) is 4.90 Å². The van der Waals surface area contributed by atoms with Crippen molar-refractivity contribution in [2.45, 2.75) is 33.1 Å². The number of rotatable bonds is 4. The molecular weight excluding hydrogens is 367 g/mol. The smallest absolute Gasteiger partial charge is 0.282 e. The van der Waals surface area contributed by atoms with Crippen LogP contribution in [0.1, 0.15) is 37.8 Å². The van der Waals surface area contributed by atoms with Crippen LogP contribution in [0.25, 0.3) is 5.57 Å². The van der Waals surface area contributed by atoms with E-state index in [1.165, 1.54) is 17.0 Å². The van der Waals surface area contributed by atoms with Gasteiger partial charge in [-0.2, -0.15) is 0 Å². The maximum Gasteiger partial charge on any atom is 0.282 e. The van der Waals surface area contributed by atoms with E-state index < -0.39 is 0 Å². The minimum absolute atomic E-state index is 0.298. The second-order valence-corrected chi connectivity index (χ2v) is 7.89. The average molecular weight is 392 g/mol. The van der Waals surface area contributed by atoms with Crippen molar-refractivity contribution in [3.63, 3.8) is 0 Å². The van der Waals surface area contributed by atoms with Crippen LogP contribution >= 0.6 is 0 Å². The van der Waals surface area contributed by atoms with Crippen LogP contribution in [0.2, 0.25) is 0 Å². The Balaban J connectivity index is 1.79. The molecule has 2 aromatic rings. The molecule has 2 heterocycles. The van der Waals surface area contributed by atoms with Crippen molar-refractivity contribution < 1.29 is 14.0 Å². The van der Waals surface area contributed by atoms with Crippen molar-refractivity contribution in [3.05, 3.63) is 71.2 Å². The van der Waals surface area contributed by atoms with Gasteiger partial charge in [-0.3, -0.25) is 9.59 Å². The van der Waals surface area contributed by atoms with Crippen LogP contribution in [0.4, 0.5) is 10.1 Å². The molecular formula is C24H25FN2O2. The van der Waals surface area contributed by atoms with Gasteiger partial charge in [0.2, 0.25) is 0 Å². The molecule has 2 aliphatic rings. The molecule has 0 aromatic heterocycles. The largest absolute Gasteiger partial charge is 0.366 e. The molecule has 150 valence electrons. The molecule has 0 aliphatic carbocycles. The van der Waals surface area contributed by atoms with Crippen molar-refractivity contribution in [2.24, 2.45) is 5.92 Å². The number of likely N-dealkylation sites (tertiary alicyclic amines) is 1. The number of anilines is 1. The van der Waals surface area contributed by atoms with Gasteiger partial charge in [-0.1, -0.05) is 38.1 Å². The number of halogens is 1. The molecule has 0 N–H and O–H groups in total. The van der Waals surface area contributed by atoms with Crippen LogP contribution in [-0.2, 0) is 16.0 Å². The van der Waals surface area contributed by atoms with E-state index in [1.807, 2.05) is 29.2 Å². The molecule has 2 amide bonds. The van der Waals surface area contributed by atoms with Gasteiger partial charge in [0.15, 0.2) is 0 Å². The first-order valence-electron chi connectivity index (χ1n) is 10.2. The minimum Gasteiger partial charge on any atom is -0.366 e. The lowest BCUT2D eigenvalue weighted by atomic mass is 9.98. The fraction of sp³-hybridized carbons (Fsp3) is 0.333. The maximum atomic E-state index is 13.5. The van der Waals surface area contributed by atoms with Gasteiger partial charge in [0, 0.05) is 13.1 Å². The second-order valence-electron chi connectivity index (χ2n) is 7.89. The number of amides is 2. The highest BCUT2D eigenvalue weighted by molar-refractivity contribution is 6.45. The fourth-order valence-corrected chi connectivity index (χ4v) is 4.20. The Labute approximate surface area is 170 Å². The van der Waals surface area contributed by atoms with Crippen molar-refractivity contribution in [3.8, 4) is 0 Å². The van der Waals surface area contributed by atoms with Gasteiger partial charge < -0.3 is 4.90 Å². The zero-order valence-electron chi connectivity index (χ0n) is 16.8. The number of hydrogen-bond acceptors (Lipinski definition) is 3. The van der Waals surface area contributed by atoms with E-state index in [9.17, 15) is 14.0 Å². The van der Waals surface area contributed by atoms with Crippen molar-refractivity contribution in [2.75, 3.05) is 18.0 Å². The van der Waals surface area contributed by atoms with Crippen LogP contribution in [0, 0.1) is 11.7 Å². The van der Waals surface area contributed by atoms with E-state index in [1.54, 1.807) is 12.1 Å². The van der Waals surface area contributed by atoms with E-state index >= 15 is 0 Å². The molecule has 5 heteroatoms. The first kappa shape index (κ1) is 19.4. The van der Waals surface area contributed by atoms with Crippen LogP contribution < -0.4 is 4.90 Å². The molecule has 0 bridgehead atoms. The summed E-state index contributed by atoms with van der Waals surface area (Å²) >= 11 is 0. The molecule has 0 spiro atoms. The van der Waals surface area contributed by atoms with Crippen LogP contribution in [-0.4, -0.2) is 29.8 Å². The summed E-state index contributed by atoms with van der Waals surface area (Å²) in [6, 6.07) is 13.3. The third-order valence-electron chi connectivity index (χ3n) is 5.77. The highest BCUT2D eigenvalue weighted by Gasteiger charge is 2.43. The molecule has 1 atom stereocenters. The summed E-state index contributed by atoms with van der Waals surface area (Å²) in [6.45, 7) is 5.70. The molecule has 1 saturated heterocycles. The van der Waals surface area contributed by atoms with Gasteiger partial charge in [-0.15, -0.1) is 0 Å². The zero-order valence-corrected chi connectivity index (χ0v) is 16.8. The summed E-state index contributed by atoms with van der Waals surface area (Å²) in [4.78, 5) is 30.2. The highest BCUT2D eigenvalue weighted by Crippen LogP contribution is 2.36. The maximum absolute atomic E-state index is 13.5. The number of hydrogen-bond donors (Lipinski definition) is 0. The van der Waals surface area contributed by atoms with Gasteiger partial charge in [-0.25, -0.2) is 9.29 Å². The summed E-state index contributed by atoms with van der Waals surface area (Å²) in [6.07, 6.45) is 2.98. The SMILES string of the molecule is CCc1ccc(N2C(=O)C(c3ccc(F)cc3)=C(N3CCCC(C)C3)C2=O)cc1. The van der Waals surface area contributed by atoms with Gasteiger partial charge in [-0.05, 0) is 60.6 Å². The molecule has 29 heavy (non-hydrogen) atoms. The molecule has 2 aromatic carbocycles. The zero-order chi connectivity index (χ0) is 20.5. The predicted molar refractivity (Wildman–Crippen MR) is 112 cm³/mol. The molecule has 2 aliphatic heterocycles. The number of aryl methyl sites for hydroxylation is 1. The third kappa shape index (κ3) is 3.57. The average Bonchev–Trinajstić information content (AvgIpc) is 2.99. The molecule has 4 rings (SSSR count). The first-order chi connectivity index (χ1) is 14.0. The Bertz CT molecular complexity index is 963. The summed E-state index contributed by atoms with van der Waals surface area (Å²) in [5, 5.41) is 0. The highest BCUT2D eigenvalue weighted by atomic mass is 19.1. The van der Waals surface area contributed by atoms with Crippen molar-refractivity contribution in [1.29, 1.82) is 0 Å². The Morgan fingerprint density at radius 2 is 1.69 bits per heavy atom. The second kappa shape index (κ2) is 7.82. The summed E-state index contributed by atoms with van der Waals surface area (Å²) in [5.74, 6) is -0.565. The molecule has 0 saturated carbocycles. The lowest BCUT2D eigenvalue weighted by molar-refractivity contribution is -0.120. The number of nitrogens with zero attached hydrogens (tertiary/aromatic N) is 2. The number of carbonyl (C=O) groups is 2. The summed E-state index contributed by atoms with van der Waals surface area (Å²) < 4.78 is 13.5.